The number of carbonyl (C=O) groups is 1. The third-order valence-corrected chi connectivity index (χ3v) is 4.55. The second-order valence-corrected chi connectivity index (χ2v) is 5.66. The monoisotopic (exact) mass is 276 g/mol. The molecule has 0 saturated heterocycles. The minimum Gasteiger partial charge on any atom is -0.493 e. The second kappa shape index (κ2) is 5.35. The zero-order valence-corrected chi connectivity index (χ0v) is 11.9. The molecule has 2 aliphatic rings. The third-order valence-electron chi connectivity index (χ3n) is 4.55. The molecule has 0 aromatic heterocycles. The summed E-state index contributed by atoms with van der Waals surface area (Å²) >= 11 is 0. The molecule has 3 atom stereocenters. The molecule has 0 N–H and O–H groups in total. The lowest BCUT2D eigenvalue weighted by molar-refractivity contribution is 0.0586. The van der Waals surface area contributed by atoms with Gasteiger partial charge in [0.1, 0.15) is 11.7 Å². The number of fused-ring (bicyclic) bond motifs is 2. The van der Waals surface area contributed by atoms with Gasteiger partial charge in [-0.3, -0.25) is 0 Å². The van der Waals surface area contributed by atoms with E-state index < -0.39 is 0 Å². The van der Waals surface area contributed by atoms with Gasteiger partial charge in [0.05, 0.1) is 14.2 Å². The Kier molecular flexibility index (Phi) is 3.55. The number of hydrogen-bond acceptors (Lipinski definition) is 4. The van der Waals surface area contributed by atoms with Crippen LogP contribution in [0, 0.1) is 11.8 Å². The maximum absolute atomic E-state index is 11.9. The van der Waals surface area contributed by atoms with Crippen molar-refractivity contribution in [2.45, 2.75) is 31.8 Å². The van der Waals surface area contributed by atoms with Crippen molar-refractivity contribution in [3.05, 3.63) is 23.8 Å². The number of benzene rings is 1. The van der Waals surface area contributed by atoms with E-state index in [1.165, 1.54) is 26.4 Å². The zero-order chi connectivity index (χ0) is 14.1. The average molecular weight is 276 g/mol. The summed E-state index contributed by atoms with van der Waals surface area (Å²) in [5, 5.41) is 0. The largest absolute Gasteiger partial charge is 0.493 e. The van der Waals surface area contributed by atoms with Crippen LogP contribution in [0.25, 0.3) is 0 Å². The lowest BCUT2D eigenvalue weighted by Gasteiger charge is -2.25. The molecule has 0 radical (unpaired) electrons. The van der Waals surface area contributed by atoms with Crippen LogP contribution >= 0.6 is 0 Å². The molecule has 108 valence electrons. The van der Waals surface area contributed by atoms with E-state index in [-0.39, 0.29) is 12.1 Å². The minimum atomic E-state index is -0.387. The number of carbonyl (C=O) groups excluding carboxylic acids is 1. The van der Waals surface area contributed by atoms with Crippen LogP contribution in [0.4, 0.5) is 0 Å². The summed E-state index contributed by atoms with van der Waals surface area (Å²) < 4.78 is 16.3. The minimum absolute atomic E-state index is 0.202. The molecule has 20 heavy (non-hydrogen) atoms. The van der Waals surface area contributed by atoms with Crippen LogP contribution in [0.3, 0.4) is 0 Å². The van der Waals surface area contributed by atoms with E-state index in [9.17, 15) is 4.79 Å². The fraction of sp³-hybridized carbons (Fsp3) is 0.562. The number of hydrogen-bond donors (Lipinski definition) is 0. The quantitative estimate of drug-likeness (QED) is 0.793. The highest BCUT2D eigenvalue weighted by Gasteiger charge is 2.41. The van der Waals surface area contributed by atoms with E-state index in [1.807, 2.05) is 6.07 Å². The van der Waals surface area contributed by atoms with E-state index in [2.05, 4.69) is 0 Å². The molecule has 0 aliphatic heterocycles. The highest BCUT2D eigenvalue weighted by Crippen LogP contribution is 2.47. The van der Waals surface area contributed by atoms with Crippen molar-refractivity contribution in [1.29, 1.82) is 0 Å². The van der Waals surface area contributed by atoms with Crippen molar-refractivity contribution in [3.8, 4) is 11.5 Å². The number of para-hydroxylation sites is 1. The van der Waals surface area contributed by atoms with E-state index >= 15 is 0 Å². The molecule has 4 heteroatoms. The Balaban J connectivity index is 1.88. The highest BCUT2D eigenvalue weighted by molar-refractivity contribution is 5.93. The van der Waals surface area contributed by atoms with Crippen LogP contribution in [-0.2, 0) is 4.74 Å². The Labute approximate surface area is 119 Å². The summed E-state index contributed by atoms with van der Waals surface area (Å²) in [6.07, 6.45) is 5.10. The molecule has 2 fully saturated rings. The molecule has 3 unspecified atom stereocenters. The van der Waals surface area contributed by atoms with Crippen molar-refractivity contribution in [2.75, 3.05) is 14.2 Å². The first-order valence-electron chi connectivity index (χ1n) is 7.15. The maximum atomic E-state index is 11.9. The molecular weight excluding hydrogens is 256 g/mol. The van der Waals surface area contributed by atoms with Crippen LogP contribution in [0.5, 0.6) is 11.5 Å². The summed E-state index contributed by atoms with van der Waals surface area (Å²) in [5.41, 5.74) is 0.439. The maximum Gasteiger partial charge on any atom is 0.341 e. The van der Waals surface area contributed by atoms with Crippen LogP contribution in [0.15, 0.2) is 18.2 Å². The fourth-order valence-corrected chi connectivity index (χ4v) is 3.55. The lowest BCUT2D eigenvalue weighted by atomic mass is 9.97. The smallest absolute Gasteiger partial charge is 0.341 e. The van der Waals surface area contributed by atoms with Gasteiger partial charge in [0.2, 0.25) is 0 Å². The van der Waals surface area contributed by atoms with Crippen molar-refractivity contribution in [1.82, 2.24) is 0 Å². The molecule has 1 aromatic rings. The van der Waals surface area contributed by atoms with Crippen LogP contribution < -0.4 is 9.47 Å². The number of ether oxygens (including phenoxy) is 3. The lowest BCUT2D eigenvalue weighted by Crippen LogP contribution is -2.24. The fourth-order valence-electron chi connectivity index (χ4n) is 3.55. The summed E-state index contributed by atoms with van der Waals surface area (Å²) in [6, 6.07) is 5.31. The molecule has 2 saturated carbocycles. The average Bonchev–Trinajstić information content (AvgIpc) is 3.09. The van der Waals surface area contributed by atoms with E-state index in [0.717, 1.165) is 12.3 Å². The Morgan fingerprint density at radius 2 is 2.05 bits per heavy atom. The summed E-state index contributed by atoms with van der Waals surface area (Å²) in [5.74, 6) is 2.15. The van der Waals surface area contributed by atoms with Crippen molar-refractivity contribution >= 4 is 5.97 Å². The van der Waals surface area contributed by atoms with Crippen LogP contribution in [-0.4, -0.2) is 26.3 Å². The first kappa shape index (κ1) is 13.3. The van der Waals surface area contributed by atoms with Gasteiger partial charge in [-0.05, 0) is 49.7 Å². The van der Waals surface area contributed by atoms with Crippen molar-refractivity contribution in [2.24, 2.45) is 11.8 Å². The van der Waals surface area contributed by atoms with Crippen LogP contribution in [0.2, 0.25) is 0 Å². The normalized spacial score (nSPS) is 27.4. The first-order chi connectivity index (χ1) is 9.72. The molecule has 3 rings (SSSR count). The number of esters is 1. The molecule has 2 bridgehead atoms. The van der Waals surface area contributed by atoms with Gasteiger partial charge in [0.15, 0.2) is 11.5 Å². The van der Waals surface area contributed by atoms with Gasteiger partial charge in [-0.15, -0.1) is 0 Å². The Bertz CT molecular complexity index is 511. The first-order valence-corrected chi connectivity index (χ1v) is 7.15. The van der Waals surface area contributed by atoms with Gasteiger partial charge in [0.25, 0.3) is 0 Å². The SMILES string of the molecule is COC(=O)c1cccc(OC)c1OC1CC2CCC1C2. The Morgan fingerprint density at radius 1 is 1.20 bits per heavy atom. The molecule has 0 heterocycles. The van der Waals surface area contributed by atoms with Crippen molar-refractivity contribution < 1.29 is 19.0 Å². The molecule has 0 amide bonds. The van der Waals surface area contributed by atoms with Gasteiger partial charge in [-0.1, -0.05) is 6.07 Å². The Morgan fingerprint density at radius 3 is 2.65 bits per heavy atom. The Hall–Kier alpha value is -1.71. The topological polar surface area (TPSA) is 44.8 Å². The predicted molar refractivity (Wildman–Crippen MR) is 74.2 cm³/mol. The molecule has 4 nitrogen and oxygen atoms in total. The number of methoxy groups -OCH3 is 2. The molecule has 2 aliphatic carbocycles. The third kappa shape index (κ3) is 2.23. The van der Waals surface area contributed by atoms with E-state index in [1.54, 1.807) is 19.2 Å². The second-order valence-electron chi connectivity index (χ2n) is 5.66. The molecule has 1 aromatic carbocycles. The standard InChI is InChI=1S/C16H20O4/c1-18-13-5-3-4-12(16(17)19-2)15(13)20-14-9-10-6-7-11(14)8-10/h3-5,10-11,14H,6-9H2,1-2H3. The van der Waals surface area contributed by atoms with Gasteiger partial charge in [0, 0.05) is 0 Å². The summed E-state index contributed by atoms with van der Waals surface area (Å²) in [7, 11) is 2.97. The van der Waals surface area contributed by atoms with E-state index in [4.69, 9.17) is 14.2 Å². The summed E-state index contributed by atoms with van der Waals surface area (Å²) in [4.78, 5) is 11.9. The van der Waals surface area contributed by atoms with E-state index in [0.29, 0.717) is 23.0 Å². The zero-order valence-electron chi connectivity index (χ0n) is 11.9. The van der Waals surface area contributed by atoms with Gasteiger partial charge >= 0.3 is 5.97 Å². The van der Waals surface area contributed by atoms with Gasteiger partial charge in [-0.25, -0.2) is 4.79 Å². The van der Waals surface area contributed by atoms with Crippen molar-refractivity contribution in [3.63, 3.8) is 0 Å². The molecule has 0 spiro atoms. The van der Waals surface area contributed by atoms with Crippen LogP contribution in [0.1, 0.15) is 36.0 Å². The molecular formula is C16H20O4. The summed E-state index contributed by atoms with van der Waals surface area (Å²) in [6.45, 7) is 0. The highest BCUT2D eigenvalue weighted by atomic mass is 16.5. The predicted octanol–water partition coefficient (Wildman–Crippen LogP) is 3.05. The van der Waals surface area contributed by atoms with Gasteiger partial charge < -0.3 is 14.2 Å². The number of rotatable bonds is 4. The van der Waals surface area contributed by atoms with Gasteiger partial charge in [-0.2, -0.15) is 0 Å².